The third-order valence-electron chi connectivity index (χ3n) is 3.01. The summed E-state index contributed by atoms with van der Waals surface area (Å²) in [5, 5.41) is 2.97. The molecule has 0 rings (SSSR count). The molecule has 0 aromatic heterocycles. The largest absolute Gasteiger partial charge is 0.369 e. The molecule has 0 bridgehead atoms. The molecule has 0 radical (unpaired) electrons. The van der Waals surface area contributed by atoms with Crippen molar-refractivity contribution in [2.45, 2.75) is 66.3 Å². The van der Waals surface area contributed by atoms with E-state index in [1.165, 1.54) is 0 Å². The molecule has 0 spiro atoms. The third-order valence-corrected chi connectivity index (χ3v) is 3.01. The monoisotopic (exact) mass is 270 g/mol. The van der Waals surface area contributed by atoms with Gasteiger partial charge in [-0.15, -0.1) is 0 Å². The fourth-order valence-electron chi connectivity index (χ4n) is 2.28. The molecule has 0 saturated heterocycles. The first-order chi connectivity index (χ1) is 8.58. The Labute approximate surface area is 117 Å². The van der Waals surface area contributed by atoms with Gasteiger partial charge in [-0.1, -0.05) is 27.2 Å². The van der Waals surface area contributed by atoms with E-state index >= 15 is 0 Å². The van der Waals surface area contributed by atoms with Crippen molar-refractivity contribution in [1.82, 2.24) is 5.32 Å². The molecule has 4 nitrogen and oxygen atoms in total. The van der Waals surface area contributed by atoms with Crippen LogP contribution in [-0.4, -0.2) is 17.4 Å². The average molecular weight is 270 g/mol. The Morgan fingerprint density at radius 3 is 2.00 bits per heavy atom. The van der Waals surface area contributed by atoms with Gasteiger partial charge in [-0.05, 0) is 39.5 Å². The van der Waals surface area contributed by atoms with E-state index in [-0.39, 0.29) is 29.2 Å². The molecule has 2 amide bonds. The van der Waals surface area contributed by atoms with E-state index in [0.29, 0.717) is 18.8 Å². The van der Waals surface area contributed by atoms with Crippen LogP contribution in [0.2, 0.25) is 0 Å². The fourth-order valence-corrected chi connectivity index (χ4v) is 2.28. The van der Waals surface area contributed by atoms with Crippen molar-refractivity contribution in [1.29, 1.82) is 0 Å². The first kappa shape index (κ1) is 17.9. The van der Waals surface area contributed by atoms with E-state index in [0.717, 1.165) is 6.42 Å². The summed E-state index contributed by atoms with van der Waals surface area (Å²) in [5.74, 6) is -0.754. The molecule has 0 saturated carbocycles. The van der Waals surface area contributed by atoms with Crippen LogP contribution in [0, 0.1) is 17.8 Å². The van der Waals surface area contributed by atoms with Crippen LogP contribution < -0.4 is 11.1 Å². The molecule has 0 unspecified atom stereocenters. The molecule has 0 heterocycles. The molecule has 3 N–H and O–H groups in total. The van der Waals surface area contributed by atoms with Crippen LogP contribution in [0.5, 0.6) is 0 Å². The first-order valence-corrected chi connectivity index (χ1v) is 7.19. The molecular weight excluding hydrogens is 240 g/mol. The van der Waals surface area contributed by atoms with Gasteiger partial charge in [0.15, 0.2) is 0 Å². The highest BCUT2D eigenvalue weighted by atomic mass is 16.2. The minimum absolute atomic E-state index is 0.0570. The highest BCUT2D eigenvalue weighted by Gasteiger charge is 2.33. The second kappa shape index (κ2) is 7.51. The molecular formula is C15H30N2O2. The number of amides is 2. The van der Waals surface area contributed by atoms with Crippen molar-refractivity contribution in [3.63, 3.8) is 0 Å². The summed E-state index contributed by atoms with van der Waals surface area (Å²) >= 11 is 0. The van der Waals surface area contributed by atoms with Gasteiger partial charge in [0.2, 0.25) is 11.8 Å². The van der Waals surface area contributed by atoms with E-state index in [1.54, 1.807) is 0 Å². The predicted molar refractivity (Wildman–Crippen MR) is 78.4 cm³/mol. The number of hydrogen-bond acceptors (Lipinski definition) is 2. The molecule has 2 atom stereocenters. The van der Waals surface area contributed by atoms with Crippen LogP contribution in [0.15, 0.2) is 0 Å². The van der Waals surface area contributed by atoms with E-state index in [9.17, 15) is 9.59 Å². The minimum Gasteiger partial charge on any atom is -0.369 e. The number of rotatable bonds is 7. The quantitative estimate of drug-likeness (QED) is 0.746. The summed E-state index contributed by atoms with van der Waals surface area (Å²) in [4.78, 5) is 24.0. The molecule has 0 fully saturated rings. The van der Waals surface area contributed by atoms with Gasteiger partial charge in [-0.3, -0.25) is 9.59 Å². The zero-order valence-corrected chi connectivity index (χ0v) is 13.2. The number of hydrogen-bond donors (Lipinski definition) is 2. The summed E-state index contributed by atoms with van der Waals surface area (Å²) in [6, 6.07) is 0. The van der Waals surface area contributed by atoms with Crippen molar-refractivity contribution >= 4 is 11.8 Å². The Morgan fingerprint density at radius 1 is 1.16 bits per heavy atom. The second-order valence-corrected chi connectivity index (χ2v) is 6.77. The summed E-state index contributed by atoms with van der Waals surface area (Å²) in [6.07, 6.45) is 2.21. The molecule has 112 valence electrons. The van der Waals surface area contributed by atoms with Gasteiger partial charge in [0, 0.05) is 17.4 Å². The van der Waals surface area contributed by atoms with Crippen LogP contribution in [-0.2, 0) is 9.59 Å². The lowest BCUT2D eigenvalue weighted by Crippen LogP contribution is -2.48. The van der Waals surface area contributed by atoms with Crippen LogP contribution >= 0.6 is 0 Å². The second-order valence-electron chi connectivity index (χ2n) is 6.77. The van der Waals surface area contributed by atoms with Crippen molar-refractivity contribution in [2.75, 3.05) is 0 Å². The van der Waals surface area contributed by atoms with Crippen LogP contribution in [0.3, 0.4) is 0 Å². The summed E-state index contributed by atoms with van der Waals surface area (Å²) in [6.45, 7) is 11.9. The summed E-state index contributed by atoms with van der Waals surface area (Å²) in [7, 11) is 0. The number of carbonyl (C=O) groups excluding carboxylic acids is 2. The molecule has 0 aliphatic rings. The zero-order chi connectivity index (χ0) is 15.2. The highest BCUT2D eigenvalue weighted by molar-refractivity contribution is 5.87. The van der Waals surface area contributed by atoms with Crippen molar-refractivity contribution < 1.29 is 9.59 Å². The maximum Gasteiger partial charge on any atom is 0.224 e. The maximum absolute atomic E-state index is 12.4. The number of primary amides is 1. The lowest BCUT2D eigenvalue weighted by atomic mass is 9.81. The zero-order valence-electron chi connectivity index (χ0n) is 13.2. The summed E-state index contributed by atoms with van der Waals surface area (Å²) < 4.78 is 0. The molecule has 0 aromatic carbocycles. The predicted octanol–water partition coefficient (Wildman–Crippen LogP) is 2.47. The number of nitrogens with one attached hydrogen (secondary N) is 1. The van der Waals surface area contributed by atoms with Gasteiger partial charge in [-0.25, -0.2) is 0 Å². The third kappa shape index (κ3) is 7.19. The lowest BCUT2D eigenvalue weighted by molar-refractivity contribution is -0.135. The van der Waals surface area contributed by atoms with Crippen LogP contribution in [0.4, 0.5) is 0 Å². The SMILES string of the molecule is CCC[C@H](C(N)=O)[C@@H](CC(C)C)C(=O)NC(C)(C)C. The molecule has 4 heteroatoms. The van der Waals surface area contributed by atoms with Gasteiger partial charge in [0.25, 0.3) is 0 Å². The van der Waals surface area contributed by atoms with Crippen LogP contribution in [0.25, 0.3) is 0 Å². The molecule has 0 aliphatic heterocycles. The van der Waals surface area contributed by atoms with E-state index in [4.69, 9.17) is 5.73 Å². The van der Waals surface area contributed by atoms with Crippen molar-refractivity contribution in [2.24, 2.45) is 23.5 Å². The topological polar surface area (TPSA) is 72.2 Å². The Hall–Kier alpha value is -1.06. The normalized spacial score (nSPS) is 15.1. The van der Waals surface area contributed by atoms with Crippen molar-refractivity contribution in [3.8, 4) is 0 Å². The average Bonchev–Trinajstić information content (AvgIpc) is 2.19. The van der Waals surface area contributed by atoms with E-state index in [1.807, 2.05) is 27.7 Å². The highest BCUT2D eigenvalue weighted by Crippen LogP contribution is 2.25. The van der Waals surface area contributed by atoms with Gasteiger partial charge in [0.05, 0.1) is 0 Å². The Bertz CT molecular complexity index is 306. The van der Waals surface area contributed by atoms with Crippen LogP contribution in [0.1, 0.15) is 60.8 Å². The van der Waals surface area contributed by atoms with E-state index < -0.39 is 0 Å². The van der Waals surface area contributed by atoms with Gasteiger partial charge in [-0.2, -0.15) is 0 Å². The van der Waals surface area contributed by atoms with Gasteiger partial charge >= 0.3 is 0 Å². The molecule has 19 heavy (non-hydrogen) atoms. The Morgan fingerprint density at radius 2 is 1.68 bits per heavy atom. The number of nitrogens with two attached hydrogens (primary N) is 1. The standard InChI is InChI=1S/C15H30N2O2/c1-7-8-11(13(16)18)12(9-10(2)3)14(19)17-15(4,5)6/h10-12H,7-9H2,1-6H3,(H2,16,18)(H,17,19)/t11-,12+/m0/s1. The van der Waals surface area contributed by atoms with Crippen molar-refractivity contribution in [3.05, 3.63) is 0 Å². The van der Waals surface area contributed by atoms with Gasteiger partial charge in [0.1, 0.15) is 0 Å². The van der Waals surface area contributed by atoms with Gasteiger partial charge < -0.3 is 11.1 Å². The summed E-state index contributed by atoms with van der Waals surface area (Å²) in [5.41, 5.74) is 5.19. The molecule has 0 aliphatic carbocycles. The Kier molecular flexibility index (Phi) is 7.09. The minimum atomic E-state index is -0.366. The first-order valence-electron chi connectivity index (χ1n) is 7.19. The molecule has 0 aromatic rings. The lowest BCUT2D eigenvalue weighted by Gasteiger charge is -2.29. The Balaban J connectivity index is 5.06. The van der Waals surface area contributed by atoms with E-state index in [2.05, 4.69) is 19.2 Å². The number of carbonyl (C=O) groups is 2. The maximum atomic E-state index is 12.4. The fraction of sp³-hybridized carbons (Fsp3) is 0.867. The smallest absolute Gasteiger partial charge is 0.224 e.